The summed E-state index contributed by atoms with van der Waals surface area (Å²) in [4.78, 5) is 0. The molecule has 2 nitrogen and oxygen atoms in total. The number of rotatable bonds is 2. The lowest BCUT2D eigenvalue weighted by Crippen LogP contribution is -2.07. The van der Waals surface area contributed by atoms with Crippen molar-refractivity contribution in [3.8, 4) is 11.3 Å². The third-order valence-electron chi connectivity index (χ3n) is 9.04. The van der Waals surface area contributed by atoms with Gasteiger partial charge < -0.3 is 8.97 Å². The molecule has 0 saturated heterocycles. The summed E-state index contributed by atoms with van der Waals surface area (Å²) >= 11 is 0. The van der Waals surface area contributed by atoms with Crippen LogP contribution in [0, 0.1) is 0 Å². The highest BCUT2D eigenvalue weighted by atomic mass is 15.0. The van der Waals surface area contributed by atoms with Crippen molar-refractivity contribution < 1.29 is 0 Å². The summed E-state index contributed by atoms with van der Waals surface area (Å²) < 4.78 is 5.01. The van der Waals surface area contributed by atoms with Crippen LogP contribution in [-0.4, -0.2) is 8.97 Å². The molecule has 0 N–H and O–H groups in total. The second kappa shape index (κ2) is 9.09. The first-order valence-electron chi connectivity index (χ1n) is 14.7. The number of hydrogen-bond donors (Lipinski definition) is 0. The predicted molar refractivity (Wildman–Crippen MR) is 177 cm³/mol. The Morgan fingerprint density at radius 2 is 1.12 bits per heavy atom. The molecule has 3 heterocycles. The Morgan fingerprint density at radius 3 is 1.90 bits per heavy atom. The molecule has 1 atom stereocenters. The van der Waals surface area contributed by atoms with Gasteiger partial charge in [-0.15, -0.1) is 0 Å². The summed E-state index contributed by atoms with van der Waals surface area (Å²) in [5.74, 6) is 0. The first-order valence-corrected chi connectivity index (χ1v) is 14.7. The maximum absolute atomic E-state index is 2.57. The second-order valence-corrected chi connectivity index (χ2v) is 11.4. The van der Waals surface area contributed by atoms with E-state index in [9.17, 15) is 0 Å². The molecule has 9 rings (SSSR count). The first-order chi connectivity index (χ1) is 20.8. The van der Waals surface area contributed by atoms with Crippen molar-refractivity contribution in [2.75, 3.05) is 0 Å². The van der Waals surface area contributed by atoms with Crippen LogP contribution < -0.4 is 0 Å². The van der Waals surface area contributed by atoms with Crippen LogP contribution in [0.2, 0.25) is 0 Å². The number of hydrogen-bond acceptors (Lipinski definition) is 0. The minimum absolute atomic E-state index is 0.228. The Labute approximate surface area is 244 Å². The van der Waals surface area contributed by atoms with E-state index in [0.717, 1.165) is 6.42 Å². The molecule has 0 fully saturated rings. The summed E-state index contributed by atoms with van der Waals surface area (Å²) in [5, 5.41) is 6.23. The van der Waals surface area contributed by atoms with E-state index in [4.69, 9.17) is 0 Å². The van der Waals surface area contributed by atoms with Crippen molar-refractivity contribution in [2.45, 2.75) is 12.5 Å². The molecule has 1 aliphatic rings. The Balaban J connectivity index is 1.54. The molecule has 0 amide bonds. The molecule has 1 unspecified atom stereocenters. The zero-order valence-corrected chi connectivity index (χ0v) is 23.1. The van der Waals surface area contributed by atoms with Crippen LogP contribution in [-0.2, 0) is 6.42 Å². The summed E-state index contributed by atoms with van der Waals surface area (Å²) in [7, 11) is 0. The van der Waals surface area contributed by atoms with Gasteiger partial charge in [-0.25, -0.2) is 0 Å². The number of fused-ring (bicyclic) bond motifs is 9. The third-order valence-corrected chi connectivity index (χ3v) is 9.04. The van der Waals surface area contributed by atoms with Gasteiger partial charge in [0, 0.05) is 21.9 Å². The summed E-state index contributed by atoms with van der Waals surface area (Å²) in [6.07, 6.45) is 0.980. The van der Waals surface area contributed by atoms with Crippen molar-refractivity contribution in [1.29, 1.82) is 0 Å². The van der Waals surface area contributed by atoms with Gasteiger partial charge in [-0.1, -0.05) is 115 Å². The number of nitrogens with zero attached hydrogens (tertiary/aromatic N) is 2. The minimum atomic E-state index is 0.228. The maximum Gasteiger partial charge on any atom is 0.0632 e. The lowest BCUT2D eigenvalue weighted by molar-refractivity contribution is 0.653. The number of aromatic nitrogens is 2. The van der Waals surface area contributed by atoms with Gasteiger partial charge in [0.1, 0.15) is 0 Å². The standard InChI is InChI=1S/C40H28N2/c1-3-10-27(11-4-1)37-24-31-20-18-29-22-39(31)41(37)33-14-9-15-34(26-33)42-38(28-12-5-2-6-13-28)25-32-21-19-30(23-40(32)42)36-17-8-7-16-35(29)36/h1-24,26,38H,25H2. The SMILES string of the molecule is c1ccc(-c2cc3ccc4cc3n2c2cccc(c2)n2c3cc(ccc3CC2c2ccccc2)c2ccccc42)cc1. The summed E-state index contributed by atoms with van der Waals surface area (Å²) in [6.45, 7) is 0. The number of benzene rings is 6. The Hall–Kier alpha value is -5.34. The lowest BCUT2D eigenvalue weighted by Gasteiger charge is -2.17. The van der Waals surface area contributed by atoms with E-state index in [1.54, 1.807) is 0 Å². The molecule has 0 spiro atoms. The van der Waals surface area contributed by atoms with E-state index in [2.05, 4.69) is 161 Å². The third kappa shape index (κ3) is 3.52. The average molecular weight is 537 g/mol. The van der Waals surface area contributed by atoms with E-state index in [1.807, 2.05) is 0 Å². The highest BCUT2D eigenvalue weighted by molar-refractivity contribution is 6.08. The maximum atomic E-state index is 2.57. The van der Waals surface area contributed by atoms with Gasteiger partial charge >= 0.3 is 0 Å². The van der Waals surface area contributed by atoms with E-state index < -0.39 is 0 Å². The molecule has 2 heteroatoms. The molecule has 1 aliphatic heterocycles. The molecular weight excluding hydrogens is 508 g/mol. The van der Waals surface area contributed by atoms with E-state index in [-0.39, 0.29) is 6.04 Å². The smallest absolute Gasteiger partial charge is 0.0632 e. The molecule has 0 aliphatic carbocycles. The van der Waals surface area contributed by atoms with Crippen molar-refractivity contribution in [3.63, 3.8) is 0 Å². The quantitative estimate of drug-likeness (QED) is 0.208. The first kappa shape index (κ1) is 23.4. The van der Waals surface area contributed by atoms with Crippen LogP contribution in [0.25, 0.3) is 60.3 Å². The van der Waals surface area contributed by atoms with Crippen LogP contribution in [0.1, 0.15) is 17.2 Å². The predicted octanol–water partition coefficient (Wildman–Crippen LogP) is 10.3. The average Bonchev–Trinajstić information content (AvgIpc) is 3.64. The lowest BCUT2D eigenvalue weighted by atomic mass is 10.0. The van der Waals surface area contributed by atoms with E-state index in [1.165, 1.54) is 71.4 Å². The minimum Gasteiger partial charge on any atom is -0.333 e. The highest BCUT2D eigenvalue weighted by Crippen LogP contribution is 2.38. The van der Waals surface area contributed by atoms with Crippen molar-refractivity contribution in [2.24, 2.45) is 0 Å². The molecule has 2 aromatic heterocycles. The monoisotopic (exact) mass is 536 g/mol. The zero-order chi connectivity index (χ0) is 27.6. The van der Waals surface area contributed by atoms with Gasteiger partial charge in [0.2, 0.25) is 0 Å². The Morgan fingerprint density at radius 1 is 0.476 bits per heavy atom. The van der Waals surface area contributed by atoms with Crippen LogP contribution in [0.5, 0.6) is 0 Å². The van der Waals surface area contributed by atoms with Crippen molar-refractivity contribution in [1.82, 2.24) is 8.97 Å². The fourth-order valence-electron chi connectivity index (χ4n) is 7.09. The molecule has 6 bridgehead atoms. The molecular formula is C40H28N2. The molecule has 0 saturated carbocycles. The summed E-state index contributed by atoms with van der Waals surface area (Å²) in [5.41, 5.74) is 10.0. The van der Waals surface area contributed by atoms with Gasteiger partial charge in [0.05, 0.1) is 17.3 Å². The fraction of sp³-hybridized carbons (Fsp3) is 0.0500. The normalized spacial score (nSPS) is 14.3. The van der Waals surface area contributed by atoms with Crippen LogP contribution >= 0.6 is 0 Å². The van der Waals surface area contributed by atoms with Gasteiger partial charge in [-0.2, -0.15) is 0 Å². The fourth-order valence-corrected chi connectivity index (χ4v) is 7.09. The molecule has 8 aromatic rings. The summed E-state index contributed by atoms with van der Waals surface area (Å²) in [6, 6.07) is 56.3. The van der Waals surface area contributed by atoms with Gasteiger partial charge in [-0.05, 0) is 81.1 Å². The van der Waals surface area contributed by atoms with Gasteiger partial charge in [-0.3, -0.25) is 0 Å². The van der Waals surface area contributed by atoms with Crippen LogP contribution in [0.15, 0.2) is 152 Å². The molecule has 42 heavy (non-hydrogen) atoms. The zero-order valence-electron chi connectivity index (χ0n) is 23.1. The Kier molecular flexibility index (Phi) is 5.06. The largest absolute Gasteiger partial charge is 0.333 e. The topological polar surface area (TPSA) is 9.34 Å². The molecule has 198 valence electrons. The highest BCUT2D eigenvalue weighted by Gasteiger charge is 2.24. The molecule has 0 radical (unpaired) electrons. The van der Waals surface area contributed by atoms with Gasteiger partial charge in [0.15, 0.2) is 0 Å². The van der Waals surface area contributed by atoms with Crippen molar-refractivity contribution in [3.05, 3.63) is 163 Å². The molecule has 6 aromatic carbocycles. The Bertz CT molecular complexity index is 2370. The van der Waals surface area contributed by atoms with E-state index >= 15 is 0 Å². The van der Waals surface area contributed by atoms with Crippen LogP contribution in [0.3, 0.4) is 0 Å². The van der Waals surface area contributed by atoms with Crippen LogP contribution in [0.4, 0.5) is 0 Å². The van der Waals surface area contributed by atoms with E-state index in [0.29, 0.717) is 0 Å². The second-order valence-electron chi connectivity index (χ2n) is 11.4. The van der Waals surface area contributed by atoms with Crippen molar-refractivity contribution >= 4 is 49.0 Å². The van der Waals surface area contributed by atoms with Gasteiger partial charge in [0.25, 0.3) is 0 Å².